The first-order valence-electron chi connectivity index (χ1n) is 6.52. The van der Waals surface area contributed by atoms with Crippen molar-refractivity contribution in [1.82, 2.24) is 14.7 Å². The highest BCUT2D eigenvalue weighted by Gasteiger charge is 2.15. The quantitative estimate of drug-likeness (QED) is 0.618. The molecule has 1 heterocycles. The van der Waals surface area contributed by atoms with Crippen LogP contribution in [0.25, 0.3) is 0 Å². The van der Waals surface area contributed by atoms with Gasteiger partial charge in [-0.15, -0.1) is 0 Å². The van der Waals surface area contributed by atoms with Gasteiger partial charge in [0.2, 0.25) is 0 Å². The largest absolute Gasteiger partial charge is 0.330 e. The Bertz CT molecular complexity index is 164. The number of nitrogens with zero attached hydrogens (tertiary/aromatic N) is 3. The van der Waals surface area contributed by atoms with E-state index in [2.05, 4.69) is 28.8 Å². The van der Waals surface area contributed by atoms with Gasteiger partial charge in [0.1, 0.15) is 0 Å². The third kappa shape index (κ3) is 5.80. The van der Waals surface area contributed by atoms with Crippen LogP contribution < -0.4 is 5.73 Å². The minimum atomic E-state index is 0.836. The van der Waals surface area contributed by atoms with Crippen molar-refractivity contribution in [3.63, 3.8) is 0 Å². The number of rotatable bonds is 7. The first-order valence-corrected chi connectivity index (χ1v) is 6.52. The van der Waals surface area contributed by atoms with Crippen LogP contribution in [0, 0.1) is 0 Å². The van der Waals surface area contributed by atoms with Crippen LogP contribution in [0.1, 0.15) is 12.8 Å². The van der Waals surface area contributed by atoms with Gasteiger partial charge in [-0.3, -0.25) is 4.90 Å². The Kier molecular flexibility index (Phi) is 6.96. The molecule has 0 aromatic heterocycles. The number of hydrogen-bond acceptors (Lipinski definition) is 4. The summed E-state index contributed by atoms with van der Waals surface area (Å²) in [4.78, 5) is 7.40. The normalized spacial score (nSPS) is 19.5. The second-order valence-corrected chi connectivity index (χ2v) is 4.98. The Hall–Kier alpha value is -0.160. The third-order valence-electron chi connectivity index (χ3n) is 3.26. The summed E-state index contributed by atoms with van der Waals surface area (Å²) in [6, 6.07) is 0. The molecular weight excluding hydrogens is 200 g/mol. The minimum Gasteiger partial charge on any atom is -0.330 e. The van der Waals surface area contributed by atoms with Crippen LogP contribution in [-0.4, -0.2) is 81.2 Å². The molecule has 16 heavy (non-hydrogen) atoms. The van der Waals surface area contributed by atoms with E-state index < -0.39 is 0 Å². The second-order valence-electron chi connectivity index (χ2n) is 4.98. The van der Waals surface area contributed by atoms with Crippen molar-refractivity contribution in [2.45, 2.75) is 12.8 Å². The Labute approximate surface area is 100 Å². The van der Waals surface area contributed by atoms with Crippen molar-refractivity contribution < 1.29 is 0 Å². The van der Waals surface area contributed by atoms with Crippen molar-refractivity contribution in [2.24, 2.45) is 5.73 Å². The maximum atomic E-state index is 5.50. The van der Waals surface area contributed by atoms with Gasteiger partial charge in [-0.1, -0.05) is 0 Å². The van der Waals surface area contributed by atoms with Gasteiger partial charge in [0.05, 0.1) is 0 Å². The highest BCUT2D eigenvalue weighted by atomic mass is 15.3. The molecule has 96 valence electrons. The molecule has 0 spiro atoms. The summed E-state index contributed by atoms with van der Waals surface area (Å²) < 4.78 is 0. The fourth-order valence-electron chi connectivity index (χ4n) is 2.06. The summed E-state index contributed by atoms with van der Waals surface area (Å²) >= 11 is 0. The number of likely N-dealkylation sites (N-methyl/N-ethyl adjacent to an activating group) is 1. The summed E-state index contributed by atoms with van der Waals surface area (Å²) in [5.41, 5.74) is 5.50. The van der Waals surface area contributed by atoms with Gasteiger partial charge in [0.25, 0.3) is 0 Å². The first kappa shape index (κ1) is 13.9. The molecule has 0 atom stereocenters. The molecular formula is C12H28N4. The number of nitrogens with two attached hydrogens (primary N) is 1. The number of hydrogen-bond donors (Lipinski definition) is 1. The predicted molar refractivity (Wildman–Crippen MR) is 69.7 cm³/mol. The lowest BCUT2D eigenvalue weighted by atomic mass is 10.2. The van der Waals surface area contributed by atoms with Gasteiger partial charge in [0, 0.05) is 39.3 Å². The summed E-state index contributed by atoms with van der Waals surface area (Å²) in [5, 5.41) is 0. The van der Waals surface area contributed by atoms with E-state index in [9.17, 15) is 0 Å². The van der Waals surface area contributed by atoms with Crippen molar-refractivity contribution >= 4 is 0 Å². The van der Waals surface area contributed by atoms with E-state index in [4.69, 9.17) is 5.73 Å². The molecule has 0 unspecified atom stereocenters. The molecule has 4 nitrogen and oxygen atoms in total. The molecule has 0 saturated carbocycles. The number of piperazine rings is 1. The van der Waals surface area contributed by atoms with Crippen LogP contribution in [0.15, 0.2) is 0 Å². The molecule has 0 bridgehead atoms. The lowest BCUT2D eigenvalue weighted by Crippen LogP contribution is -2.48. The van der Waals surface area contributed by atoms with Crippen molar-refractivity contribution in [1.29, 1.82) is 0 Å². The van der Waals surface area contributed by atoms with E-state index >= 15 is 0 Å². The molecule has 0 aromatic rings. The standard InChI is InChI=1S/C12H28N4/c1-14(2)7-8-16-11-9-15(10-12-16)6-4-3-5-13/h3-13H2,1-2H3. The molecule has 0 amide bonds. The SMILES string of the molecule is CN(C)CCN1CCN(CCCCN)CC1. The summed E-state index contributed by atoms with van der Waals surface area (Å²) in [7, 11) is 4.28. The average Bonchev–Trinajstić information content (AvgIpc) is 2.28. The fraction of sp³-hybridized carbons (Fsp3) is 1.00. The maximum absolute atomic E-state index is 5.50. The summed E-state index contributed by atoms with van der Waals surface area (Å²) in [6.45, 7) is 9.39. The van der Waals surface area contributed by atoms with Gasteiger partial charge >= 0.3 is 0 Å². The average molecular weight is 228 g/mol. The molecule has 1 rings (SSSR count). The van der Waals surface area contributed by atoms with Crippen LogP contribution in [0.3, 0.4) is 0 Å². The Balaban J connectivity index is 2.04. The predicted octanol–water partition coefficient (Wildman–Crippen LogP) is -0.0955. The molecule has 2 N–H and O–H groups in total. The minimum absolute atomic E-state index is 0.836. The molecule has 0 aliphatic carbocycles. The van der Waals surface area contributed by atoms with Crippen LogP contribution >= 0.6 is 0 Å². The molecule has 0 radical (unpaired) electrons. The highest BCUT2D eigenvalue weighted by Crippen LogP contribution is 2.03. The van der Waals surface area contributed by atoms with Crippen molar-refractivity contribution in [2.75, 3.05) is 66.5 Å². The third-order valence-corrected chi connectivity index (χ3v) is 3.26. The van der Waals surface area contributed by atoms with Gasteiger partial charge in [-0.05, 0) is 40.0 Å². The Morgan fingerprint density at radius 3 is 2.00 bits per heavy atom. The van der Waals surface area contributed by atoms with Gasteiger partial charge < -0.3 is 15.5 Å². The first-order chi connectivity index (χ1) is 7.72. The lowest BCUT2D eigenvalue weighted by molar-refractivity contribution is 0.124. The van der Waals surface area contributed by atoms with Crippen LogP contribution in [0.2, 0.25) is 0 Å². The van der Waals surface area contributed by atoms with E-state index in [1.807, 2.05) is 0 Å². The molecule has 4 heteroatoms. The lowest BCUT2D eigenvalue weighted by Gasteiger charge is -2.35. The monoisotopic (exact) mass is 228 g/mol. The van der Waals surface area contributed by atoms with Gasteiger partial charge in [0.15, 0.2) is 0 Å². The zero-order valence-electron chi connectivity index (χ0n) is 11.0. The van der Waals surface area contributed by atoms with E-state index in [1.54, 1.807) is 0 Å². The van der Waals surface area contributed by atoms with Gasteiger partial charge in [-0.25, -0.2) is 0 Å². The molecule has 1 saturated heterocycles. The van der Waals surface area contributed by atoms with E-state index in [0.29, 0.717) is 0 Å². The van der Waals surface area contributed by atoms with Crippen molar-refractivity contribution in [3.05, 3.63) is 0 Å². The Morgan fingerprint density at radius 2 is 1.50 bits per heavy atom. The van der Waals surface area contributed by atoms with Gasteiger partial charge in [-0.2, -0.15) is 0 Å². The fourth-order valence-corrected chi connectivity index (χ4v) is 2.06. The van der Waals surface area contributed by atoms with Crippen LogP contribution in [0.4, 0.5) is 0 Å². The van der Waals surface area contributed by atoms with Crippen LogP contribution in [-0.2, 0) is 0 Å². The number of unbranched alkanes of at least 4 members (excludes halogenated alkanes) is 1. The molecule has 1 aliphatic heterocycles. The molecule has 1 fully saturated rings. The highest BCUT2D eigenvalue weighted by molar-refractivity contribution is 4.72. The maximum Gasteiger partial charge on any atom is 0.0110 e. The second kappa shape index (κ2) is 8.01. The van der Waals surface area contributed by atoms with E-state index in [0.717, 1.165) is 6.54 Å². The zero-order valence-corrected chi connectivity index (χ0v) is 11.0. The molecule has 1 aliphatic rings. The van der Waals surface area contributed by atoms with E-state index in [1.165, 1.54) is 58.7 Å². The van der Waals surface area contributed by atoms with Crippen molar-refractivity contribution in [3.8, 4) is 0 Å². The Morgan fingerprint density at radius 1 is 0.938 bits per heavy atom. The van der Waals surface area contributed by atoms with E-state index in [-0.39, 0.29) is 0 Å². The smallest absolute Gasteiger partial charge is 0.0110 e. The molecule has 0 aromatic carbocycles. The topological polar surface area (TPSA) is 35.7 Å². The summed E-state index contributed by atoms with van der Waals surface area (Å²) in [6.07, 6.45) is 2.43. The summed E-state index contributed by atoms with van der Waals surface area (Å²) in [5.74, 6) is 0. The zero-order chi connectivity index (χ0) is 11.8. The van der Waals surface area contributed by atoms with Crippen LogP contribution in [0.5, 0.6) is 0 Å².